The molecular formula is C26H28N2O3S. The fourth-order valence-electron chi connectivity index (χ4n) is 4.18. The molecule has 5 nitrogen and oxygen atoms in total. The molecule has 3 aromatic rings. The lowest BCUT2D eigenvalue weighted by Gasteiger charge is -2.29. The molecule has 0 aliphatic carbocycles. The zero-order valence-electron chi connectivity index (χ0n) is 18.9. The lowest BCUT2D eigenvalue weighted by Crippen LogP contribution is -2.45. The number of anilines is 2. The van der Waals surface area contributed by atoms with E-state index in [0.717, 1.165) is 34.4 Å². The number of amides is 1. The maximum absolute atomic E-state index is 13.7. The molecule has 1 atom stereocenters. The van der Waals surface area contributed by atoms with Gasteiger partial charge in [-0.15, -0.1) is 0 Å². The molecule has 0 saturated carbocycles. The molecule has 166 valence electrons. The van der Waals surface area contributed by atoms with E-state index in [0.29, 0.717) is 5.69 Å². The van der Waals surface area contributed by atoms with Crippen LogP contribution in [0.2, 0.25) is 0 Å². The molecule has 1 aliphatic rings. The van der Waals surface area contributed by atoms with Crippen LogP contribution in [-0.2, 0) is 21.2 Å². The molecule has 1 heterocycles. The molecule has 0 fully saturated rings. The number of fused-ring (bicyclic) bond motifs is 1. The zero-order valence-corrected chi connectivity index (χ0v) is 19.7. The number of para-hydroxylation sites is 1. The number of carbonyl (C=O) groups excluding carboxylic acids is 1. The summed E-state index contributed by atoms with van der Waals surface area (Å²) in [6.45, 7) is 7.55. The summed E-state index contributed by atoms with van der Waals surface area (Å²) in [4.78, 5) is 15.4. The van der Waals surface area contributed by atoms with Crippen molar-refractivity contribution in [1.29, 1.82) is 0 Å². The number of carbonyl (C=O) groups is 1. The third-order valence-corrected chi connectivity index (χ3v) is 7.93. The Balaban J connectivity index is 1.75. The summed E-state index contributed by atoms with van der Waals surface area (Å²) >= 11 is 0. The molecule has 0 N–H and O–H groups in total. The second-order valence-electron chi connectivity index (χ2n) is 8.54. The maximum Gasteiger partial charge on any atom is 0.264 e. The smallest absolute Gasteiger partial charge is 0.264 e. The highest BCUT2D eigenvalue weighted by atomic mass is 32.2. The molecular weight excluding hydrogens is 420 g/mol. The molecule has 1 amide bonds. The summed E-state index contributed by atoms with van der Waals surface area (Å²) in [6, 6.07) is 20.0. The first-order chi connectivity index (χ1) is 15.2. The van der Waals surface area contributed by atoms with Crippen LogP contribution in [0.3, 0.4) is 0 Å². The van der Waals surface area contributed by atoms with E-state index in [2.05, 4.69) is 0 Å². The minimum absolute atomic E-state index is 0.0245. The zero-order chi connectivity index (χ0) is 23.0. The number of rotatable bonds is 5. The third-order valence-electron chi connectivity index (χ3n) is 6.14. The van der Waals surface area contributed by atoms with Gasteiger partial charge in [0.2, 0.25) is 5.91 Å². The molecule has 0 radical (unpaired) electrons. The van der Waals surface area contributed by atoms with Crippen LogP contribution in [0.5, 0.6) is 0 Å². The van der Waals surface area contributed by atoms with Gasteiger partial charge >= 0.3 is 0 Å². The van der Waals surface area contributed by atoms with Crippen LogP contribution in [0, 0.1) is 20.8 Å². The normalized spacial score (nSPS) is 15.5. The van der Waals surface area contributed by atoms with Gasteiger partial charge in [0.15, 0.2) is 0 Å². The summed E-state index contributed by atoms with van der Waals surface area (Å²) in [7, 11) is -3.93. The van der Waals surface area contributed by atoms with Gasteiger partial charge in [-0.3, -0.25) is 9.10 Å². The molecule has 0 spiro atoms. The first kappa shape index (κ1) is 22.1. The van der Waals surface area contributed by atoms with Crippen molar-refractivity contribution in [2.75, 3.05) is 15.7 Å². The standard InChI is InChI=1S/C26H28N2O3S/c1-18-9-13-24(14-10-18)32(30,31)27(23-12-11-19(2)20(3)15-23)17-26(29)28-21(4)16-22-7-5-6-8-25(22)28/h5-15,21H,16-17H2,1-4H3/t21-/m1/s1. The van der Waals surface area contributed by atoms with Crippen molar-refractivity contribution >= 4 is 27.3 Å². The molecule has 0 aromatic heterocycles. The summed E-state index contributed by atoms with van der Waals surface area (Å²) in [5, 5.41) is 0. The average Bonchev–Trinajstić information content (AvgIpc) is 3.10. The van der Waals surface area contributed by atoms with Gasteiger partial charge in [-0.1, -0.05) is 42.0 Å². The second kappa shape index (κ2) is 8.43. The SMILES string of the molecule is Cc1ccc(S(=O)(=O)N(CC(=O)N2c3ccccc3C[C@H]2C)c2ccc(C)c(C)c2)cc1. The van der Waals surface area contributed by atoms with E-state index in [-0.39, 0.29) is 23.4 Å². The number of nitrogens with zero attached hydrogens (tertiary/aromatic N) is 2. The number of benzene rings is 3. The van der Waals surface area contributed by atoms with E-state index >= 15 is 0 Å². The van der Waals surface area contributed by atoms with E-state index in [9.17, 15) is 13.2 Å². The topological polar surface area (TPSA) is 57.7 Å². The Morgan fingerprint density at radius 3 is 2.34 bits per heavy atom. The van der Waals surface area contributed by atoms with Gasteiger partial charge < -0.3 is 4.90 Å². The minimum atomic E-state index is -3.93. The van der Waals surface area contributed by atoms with Crippen molar-refractivity contribution in [3.63, 3.8) is 0 Å². The first-order valence-corrected chi connectivity index (χ1v) is 12.2. The van der Waals surface area contributed by atoms with Crippen molar-refractivity contribution in [3.05, 3.63) is 89.0 Å². The Morgan fingerprint density at radius 2 is 1.66 bits per heavy atom. The van der Waals surface area contributed by atoms with Crippen molar-refractivity contribution in [3.8, 4) is 0 Å². The van der Waals surface area contributed by atoms with Crippen LogP contribution in [0.15, 0.2) is 71.6 Å². The monoisotopic (exact) mass is 448 g/mol. The largest absolute Gasteiger partial charge is 0.307 e. The quantitative estimate of drug-likeness (QED) is 0.564. The van der Waals surface area contributed by atoms with Crippen molar-refractivity contribution in [1.82, 2.24) is 0 Å². The van der Waals surface area contributed by atoms with Gasteiger partial charge in [0.25, 0.3) is 10.0 Å². The molecule has 3 aromatic carbocycles. The summed E-state index contributed by atoms with van der Waals surface area (Å²) in [5.41, 5.74) is 5.46. The van der Waals surface area contributed by atoms with Crippen LogP contribution in [0.1, 0.15) is 29.2 Å². The van der Waals surface area contributed by atoms with Crippen LogP contribution < -0.4 is 9.21 Å². The predicted octanol–water partition coefficient (Wildman–Crippen LogP) is 4.78. The number of hydrogen-bond donors (Lipinski definition) is 0. The van der Waals surface area contributed by atoms with E-state index in [1.165, 1.54) is 4.31 Å². The van der Waals surface area contributed by atoms with Crippen molar-refractivity contribution < 1.29 is 13.2 Å². The van der Waals surface area contributed by atoms with Gasteiger partial charge in [-0.2, -0.15) is 0 Å². The minimum Gasteiger partial charge on any atom is -0.307 e. The van der Waals surface area contributed by atoms with Crippen LogP contribution in [0.25, 0.3) is 0 Å². The highest BCUT2D eigenvalue weighted by Gasteiger charge is 2.34. The maximum atomic E-state index is 13.7. The van der Waals surface area contributed by atoms with E-state index in [1.54, 1.807) is 35.2 Å². The van der Waals surface area contributed by atoms with Crippen LogP contribution in [0.4, 0.5) is 11.4 Å². The Labute approximate surface area is 190 Å². The first-order valence-electron chi connectivity index (χ1n) is 10.7. The van der Waals surface area contributed by atoms with Crippen LogP contribution >= 0.6 is 0 Å². The number of sulfonamides is 1. The van der Waals surface area contributed by atoms with E-state index in [1.807, 2.05) is 64.1 Å². The average molecular weight is 449 g/mol. The summed E-state index contributed by atoms with van der Waals surface area (Å²) in [5.74, 6) is -0.239. The van der Waals surface area contributed by atoms with E-state index in [4.69, 9.17) is 0 Å². The van der Waals surface area contributed by atoms with Gasteiger partial charge in [-0.05, 0) is 81.1 Å². The molecule has 6 heteroatoms. The molecule has 4 rings (SSSR count). The fraction of sp³-hybridized carbons (Fsp3) is 0.269. The van der Waals surface area contributed by atoms with Crippen molar-refractivity contribution in [2.24, 2.45) is 0 Å². The molecule has 0 saturated heterocycles. The van der Waals surface area contributed by atoms with Gasteiger partial charge in [0.05, 0.1) is 10.6 Å². The molecule has 1 aliphatic heterocycles. The summed E-state index contributed by atoms with van der Waals surface area (Å²) in [6.07, 6.45) is 0.760. The number of hydrogen-bond acceptors (Lipinski definition) is 3. The van der Waals surface area contributed by atoms with E-state index < -0.39 is 10.0 Å². The third kappa shape index (κ3) is 4.02. The van der Waals surface area contributed by atoms with Crippen LogP contribution in [-0.4, -0.2) is 26.9 Å². The lowest BCUT2D eigenvalue weighted by molar-refractivity contribution is -0.117. The fourth-order valence-corrected chi connectivity index (χ4v) is 5.58. The van der Waals surface area contributed by atoms with Crippen molar-refractivity contribution in [2.45, 2.75) is 45.1 Å². The predicted molar refractivity (Wildman–Crippen MR) is 129 cm³/mol. The Morgan fingerprint density at radius 1 is 0.969 bits per heavy atom. The Bertz CT molecular complexity index is 1270. The van der Waals surface area contributed by atoms with Gasteiger partial charge in [-0.25, -0.2) is 8.42 Å². The summed E-state index contributed by atoms with van der Waals surface area (Å²) < 4.78 is 28.6. The Hall–Kier alpha value is -3.12. The molecule has 0 bridgehead atoms. The Kier molecular flexibility index (Phi) is 5.82. The van der Waals surface area contributed by atoms with Gasteiger partial charge in [0, 0.05) is 11.7 Å². The highest BCUT2D eigenvalue weighted by molar-refractivity contribution is 7.92. The molecule has 0 unspecified atom stereocenters. The van der Waals surface area contributed by atoms with Gasteiger partial charge in [0.1, 0.15) is 6.54 Å². The molecule has 32 heavy (non-hydrogen) atoms. The second-order valence-corrected chi connectivity index (χ2v) is 10.4. The highest BCUT2D eigenvalue weighted by Crippen LogP contribution is 2.33. The number of aryl methyl sites for hydroxylation is 3. The lowest BCUT2D eigenvalue weighted by atomic mass is 10.1.